The van der Waals surface area contributed by atoms with Crippen LogP contribution < -0.4 is 20.4 Å². The van der Waals surface area contributed by atoms with Crippen LogP contribution in [0.15, 0.2) is 51.7 Å². The first-order chi connectivity index (χ1) is 13.8. The summed E-state index contributed by atoms with van der Waals surface area (Å²) in [7, 11) is 1.39. The molecule has 9 nitrogen and oxygen atoms in total. The van der Waals surface area contributed by atoms with Crippen molar-refractivity contribution in [1.29, 1.82) is 0 Å². The van der Waals surface area contributed by atoms with E-state index >= 15 is 0 Å². The molecule has 1 aromatic heterocycles. The van der Waals surface area contributed by atoms with Crippen LogP contribution in [0.1, 0.15) is 12.5 Å². The molecule has 0 aliphatic rings. The van der Waals surface area contributed by atoms with Gasteiger partial charge in [0.1, 0.15) is 22.8 Å². The number of fused-ring (bicyclic) bond motifs is 1. The molecule has 9 heteroatoms. The summed E-state index contributed by atoms with van der Waals surface area (Å²) in [5, 5.41) is 14.5. The van der Waals surface area contributed by atoms with Crippen molar-refractivity contribution < 1.29 is 23.6 Å². The number of hydrogen-bond donors (Lipinski definition) is 1. The van der Waals surface area contributed by atoms with Crippen LogP contribution in [-0.4, -0.2) is 24.0 Å². The van der Waals surface area contributed by atoms with Crippen molar-refractivity contribution >= 4 is 28.3 Å². The predicted octanol–water partition coefficient (Wildman–Crippen LogP) is 3.42. The van der Waals surface area contributed by atoms with Crippen molar-refractivity contribution in [2.24, 2.45) is 0 Å². The number of hydrogen-bond acceptors (Lipinski definition) is 7. The second-order valence-electron chi connectivity index (χ2n) is 6.30. The first kappa shape index (κ1) is 19.9. The summed E-state index contributed by atoms with van der Waals surface area (Å²) in [5.41, 5.74) is 0.348. The number of carbonyl (C=O) groups excluding carboxylic acids is 1. The van der Waals surface area contributed by atoms with Gasteiger partial charge in [-0.1, -0.05) is 0 Å². The predicted molar refractivity (Wildman–Crippen MR) is 106 cm³/mol. The second-order valence-corrected chi connectivity index (χ2v) is 6.30. The summed E-state index contributed by atoms with van der Waals surface area (Å²) in [4.78, 5) is 34.6. The molecule has 0 saturated heterocycles. The monoisotopic (exact) mass is 398 g/mol. The molecule has 0 spiro atoms. The van der Waals surface area contributed by atoms with E-state index in [0.29, 0.717) is 17.1 Å². The number of anilines is 1. The molecule has 1 heterocycles. The van der Waals surface area contributed by atoms with Gasteiger partial charge in [0.05, 0.1) is 18.1 Å². The molecule has 2 aromatic carbocycles. The molecule has 0 saturated carbocycles. The van der Waals surface area contributed by atoms with E-state index in [1.165, 1.54) is 44.4 Å². The number of rotatable bonds is 6. The number of ether oxygens (including phenoxy) is 2. The number of benzene rings is 2. The van der Waals surface area contributed by atoms with E-state index in [9.17, 15) is 19.7 Å². The van der Waals surface area contributed by atoms with E-state index in [2.05, 4.69) is 5.32 Å². The molecule has 0 aliphatic carbocycles. The number of amides is 1. The van der Waals surface area contributed by atoms with Gasteiger partial charge in [-0.25, -0.2) is 4.79 Å². The SMILES string of the molecule is COc1ccc(NC(=O)[C@H](C)Oc2ccc3c(C)cc(=O)oc3c2)c([N+](=O)[O-])c1. The molecule has 150 valence electrons. The Bertz CT molecular complexity index is 1150. The number of methoxy groups -OCH3 is 1. The summed E-state index contributed by atoms with van der Waals surface area (Å²) in [6.45, 7) is 3.29. The fourth-order valence-electron chi connectivity index (χ4n) is 2.77. The van der Waals surface area contributed by atoms with Gasteiger partial charge in [0.2, 0.25) is 0 Å². The molecule has 0 radical (unpaired) electrons. The van der Waals surface area contributed by atoms with Crippen LogP contribution >= 0.6 is 0 Å². The van der Waals surface area contributed by atoms with Gasteiger partial charge >= 0.3 is 5.63 Å². The largest absolute Gasteiger partial charge is 0.496 e. The zero-order chi connectivity index (χ0) is 21.1. The van der Waals surface area contributed by atoms with E-state index in [0.717, 1.165) is 10.9 Å². The Kier molecular flexibility index (Phi) is 5.49. The minimum atomic E-state index is -0.967. The molecule has 3 aromatic rings. The molecule has 0 aliphatic heterocycles. The van der Waals surface area contributed by atoms with E-state index in [1.54, 1.807) is 19.1 Å². The molecule has 1 N–H and O–H groups in total. The van der Waals surface area contributed by atoms with Crippen LogP contribution in [0.2, 0.25) is 0 Å². The maximum Gasteiger partial charge on any atom is 0.336 e. The fraction of sp³-hybridized carbons (Fsp3) is 0.200. The van der Waals surface area contributed by atoms with Gasteiger partial charge < -0.3 is 19.2 Å². The lowest BCUT2D eigenvalue weighted by Crippen LogP contribution is -2.30. The van der Waals surface area contributed by atoms with Gasteiger partial charge in [0.25, 0.3) is 11.6 Å². The number of aryl methyl sites for hydroxylation is 1. The molecular weight excluding hydrogens is 380 g/mol. The van der Waals surface area contributed by atoms with Crippen LogP contribution in [0.3, 0.4) is 0 Å². The highest BCUT2D eigenvalue weighted by molar-refractivity contribution is 5.96. The van der Waals surface area contributed by atoms with Crippen molar-refractivity contribution in [3.05, 3.63) is 68.6 Å². The van der Waals surface area contributed by atoms with E-state index in [1.807, 2.05) is 0 Å². The lowest BCUT2D eigenvalue weighted by molar-refractivity contribution is -0.384. The van der Waals surface area contributed by atoms with E-state index in [4.69, 9.17) is 13.9 Å². The number of nitro benzene ring substituents is 1. The average molecular weight is 398 g/mol. The standard InChI is InChI=1S/C20H18N2O7/c1-11-8-19(23)29-18-10-14(4-6-15(11)18)28-12(2)20(24)21-16-7-5-13(27-3)9-17(16)22(25)26/h4-10,12H,1-3H3,(H,21,24)/t12-/m0/s1. The molecule has 3 rings (SSSR count). The summed E-state index contributed by atoms with van der Waals surface area (Å²) >= 11 is 0. The minimum Gasteiger partial charge on any atom is -0.496 e. The Morgan fingerprint density at radius 2 is 1.90 bits per heavy atom. The Labute approximate surface area is 165 Å². The lowest BCUT2D eigenvalue weighted by Gasteiger charge is -2.15. The van der Waals surface area contributed by atoms with Crippen molar-refractivity contribution in [3.63, 3.8) is 0 Å². The van der Waals surface area contributed by atoms with Gasteiger partial charge in [-0.05, 0) is 43.7 Å². The minimum absolute atomic E-state index is 0.0244. The molecule has 0 unspecified atom stereocenters. The van der Waals surface area contributed by atoms with Gasteiger partial charge in [-0.2, -0.15) is 0 Å². The van der Waals surface area contributed by atoms with Crippen LogP contribution in [0.5, 0.6) is 11.5 Å². The Morgan fingerprint density at radius 3 is 2.59 bits per heavy atom. The Hall–Kier alpha value is -3.88. The van der Waals surface area contributed by atoms with Gasteiger partial charge in [-0.3, -0.25) is 14.9 Å². The summed E-state index contributed by atoms with van der Waals surface area (Å²) < 4.78 is 15.7. The van der Waals surface area contributed by atoms with Crippen LogP contribution in [-0.2, 0) is 4.79 Å². The van der Waals surface area contributed by atoms with Crippen molar-refractivity contribution in [3.8, 4) is 11.5 Å². The highest BCUT2D eigenvalue weighted by Crippen LogP contribution is 2.29. The second kappa shape index (κ2) is 8.01. The van der Waals surface area contributed by atoms with Crippen LogP contribution in [0.25, 0.3) is 11.0 Å². The van der Waals surface area contributed by atoms with E-state index < -0.39 is 22.6 Å². The van der Waals surface area contributed by atoms with Gasteiger partial charge in [-0.15, -0.1) is 0 Å². The number of nitrogens with one attached hydrogen (secondary N) is 1. The van der Waals surface area contributed by atoms with Crippen molar-refractivity contribution in [1.82, 2.24) is 0 Å². The van der Waals surface area contributed by atoms with Gasteiger partial charge in [0.15, 0.2) is 6.10 Å². The third-order valence-electron chi connectivity index (χ3n) is 4.26. The molecule has 0 bridgehead atoms. The molecule has 1 atom stereocenters. The molecule has 0 fully saturated rings. The van der Waals surface area contributed by atoms with E-state index in [-0.39, 0.29) is 11.4 Å². The van der Waals surface area contributed by atoms with Crippen molar-refractivity contribution in [2.45, 2.75) is 20.0 Å². The maximum atomic E-state index is 12.5. The zero-order valence-corrected chi connectivity index (χ0v) is 15.9. The smallest absolute Gasteiger partial charge is 0.336 e. The third kappa shape index (κ3) is 4.34. The highest BCUT2D eigenvalue weighted by atomic mass is 16.6. The first-order valence-electron chi connectivity index (χ1n) is 8.63. The molecular formula is C20H18N2O7. The highest BCUT2D eigenvalue weighted by Gasteiger charge is 2.21. The summed E-state index contributed by atoms with van der Waals surface area (Å²) in [6.07, 6.45) is -0.967. The number of nitrogens with zero attached hydrogens (tertiary/aromatic N) is 1. The van der Waals surface area contributed by atoms with Gasteiger partial charge in [0, 0.05) is 17.5 Å². The maximum absolute atomic E-state index is 12.5. The number of nitro groups is 1. The molecule has 1 amide bonds. The fourth-order valence-corrected chi connectivity index (χ4v) is 2.77. The third-order valence-corrected chi connectivity index (χ3v) is 4.26. The number of carbonyl (C=O) groups is 1. The van der Waals surface area contributed by atoms with Crippen LogP contribution in [0.4, 0.5) is 11.4 Å². The lowest BCUT2D eigenvalue weighted by atomic mass is 10.1. The summed E-state index contributed by atoms with van der Waals surface area (Å²) in [5.74, 6) is 0.0362. The quantitative estimate of drug-likeness (QED) is 0.383. The average Bonchev–Trinajstić information content (AvgIpc) is 2.67. The topological polar surface area (TPSA) is 121 Å². The Morgan fingerprint density at radius 1 is 1.17 bits per heavy atom. The normalized spacial score (nSPS) is 11.7. The zero-order valence-electron chi connectivity index (χ0n) is 15.9. The Balaban J connectivity index is 1.78. The summed E-state index contributed by atoms with van der Waals surface area (Å²) in [6, 6.07) is 10.4. The molecule has 29 heavy (non-hydrogen) atoms. The van der Waals surface area contributed by atoms with Crippen LogP contribution in [0, 0.1) is 17.0 Å². The van der Waals surface area contributed by atoms with Crippen molar-refractivity contribution in [2.75, 3.05) is 12.4 Å². The first-order valence-corrected chi connectivity index (χ1v) is 8.63.